The molecule has 1 saturated carbocycles. The Hall–Kier alpha value is -1.18. The van der Waals surface area contributed by atoms with E-state index in [2.05, 4.69) is 42.6 Å². The minimum absolute atomic E-state index is 0.00713. The van der Waals surface area contributed by atoms with E-state index >= 15 is 0 Å². The monoisotopic (exact) mass is 694 g/mol. The van der Waals surface area contributed by atoms with E-state index in [4.69, 9.17) is 9.84 Å². The summed E-state index contributed by atoms with van der Waals surface area (Å²) in [4.78, 5) is 31.2. The number of hydrogen-bond donors (Lipinski definition) is 1. The Morgan fingerprint density at radius 2 is 1.12 bits per heavy atom. The van der Waals surface area contributed by atoms with E-state index in [0.717, 1.165) is 77.2 Å². The fourth-order valence-electron chi connectivity index (χ4n) is 7.17. The summed E-state index contributed by atoms with van der Waals surface area (Å²) >= 11 is 0. The maximum atomic E-state index is 12.6. The summed E-state index contributed by atoms with van der Waals surface area (Å²) in [5.74, 6) is -0.136. The lowest BCUT2D eigenvalue weighted by atomic mass is 9.91. The molecule has 0 saturated heterocycles. The van der Waals surface area contributed by atoms with Crippen molar-refractivity contribution >= 4 is 11.9 Å². The Bertz CT molecular complexity index is 760. The van der Waals surface area contributed by atoms with Crippen molar-refractivity contribution in [3.05, 3.63) is 0 Å². The van der Waals surface area contributed by atoms with Crippen molar-refractivity contribution in [1.29, 1.82) is 0 Å². The number of ether oxygens (including phenoxy) is 1. The van der Waals surface area contributed by atoms with Crippen molar-refractivity contribution in [3.63, 3.8) is 0 Å². The number of hydrogen-bond acceptors (Lipinski definition) is 6. The van der Waals surface area contributed by atoms with Crippen LogP contribution >= 0.6 is 0 Å². The van der Waals surface area contributed by atoms with Crippen LogP contribution < -0.4 is 0 Å². The molecule has 1 aliphatic rings. The summed E-state index contributed by atoms with van der Waals surface area (Å²) in [5, 5.41) is 8.95. The quantitative estimate of drug-likeness (QED) is 0.0513. The van der Waals surface area contributed by atoms with Gasteiger partial charge in [-0.05, 0) is 110 Å². The lowest BCUT2D eigenvalue weighted by molar-refractivity contribution is -0.145. The molecule has 0 heterocycles. The molecular weight excluding hydrogens is 610 g/mol. The van der Waals surface area contributed by atoms with Gasteiger partial charge in [-0.15, -0.1) is 0 Å². The van der Waals surface area contributed by atoms with Crippen molar-refractivity contribution < 1.29 is 19.4 Å². The fraction of sp³-hybridized carbons (Fsp3) is 0.952. The van der Waals surface area contributed by atoms with Crippen LogP contribution in [0.2, 0.25) is 0 Å². The molecule has 0 aromatic heterocycles. The smallest absolute Gasteiger partial charge is 0.305 e. The van der Waals surface area contributed by atoms with Crippen molar-refractivity contribution in [2.75, 3.05) is 60.0 Å². The molecule has 0 spiro atoms. The second-order valence-electron chi connectivity index (χ2n) is 15.6. The Balaban J connectivity index is 2.40. The average molecular weight is 694 g/mol. The molecule has 1 atom stereocenters. The largest absolute Gasteiger partial charge is 0.481 e. The second kappa shape index (κ2) is 32.7. The fourth-order valence-corrected chi connectivity index (χ4v) is 7.17. The van der Waals surface area contributed by atoms with Gasteiger partial charge < -0.3 is 19.6 Å². The van der Waals surface area contributed by atoms with Gasteiger partial charge in [-0.2, -0.15) is 0 Å². The zero-order valence-electron chi connectivity index (χ0n) is 33.2. The van der Waals surface area contributed by atoms with Crippen molar-refractivity contribution in [2.45, 2.75) is 193 Å². The summed E-state index contributed by atoms with van der Waals surface area (Å²) in [6.45, 7) is 12.1. The van der Waals surface area contributed by atoms with Crippen LogP contribution in [0.15, 0.2) is 0 Å². The van der Waals surface area contributed by atoms with E-state index in [1.54, 1.807) is 0 Å². The first-order valence-corrected chi connectivity index (χ1v) is 21.3. The number of nitrogens with zero attached hydrogens (tertiary/aromatic N) is 3. The van der Waals surface area contributed by atoms with Crippen molar-refractivity contribution in [2.24, 2.45) is 5.92 Å². The normalized spacial score (nSPS) is 14.2. The van der Waals surface area contributed by atoms with Crippen LogP contribution in [0, 0.1) is 5.92 Å². The van der Waals surface area contributed by atoms with Crippen LogP contribution in [0.25, 0.3) is 0 Å². The molecule has 0 aliphatic heterocycles. The predicted octanol–water partition coefficient (Wildman–Crippen LogP) is 10.4. The lowest BCUT2D eigenvalue weighted by Gasteiger charge is -2.39. The topological polar surface area (TPSA) is 73.3 Å². The van der Waals surface area contributed by atoms with E-state index in [1.165, 1.54) is 129 Å². The third-order valence-corrected chi connectivity index (χ3v) is 10.7. The molecule has 0 radical (unpaired) electrons. The zero-order chi connectivity index (χ0) is 35.8. The minimum atomic E-state index is -0.679. The van der Waals surface area contributed by atoms with Crippen LogP contribution in [-0.4, -0.2) is 97.8 Å². The molecule has 1 fully saturated rings. The van der Waals surface area contributed by atoms with Gasteiger partial charge in [0, 0.05) is 32.0 Å². The highest BCUT2D eigenvalue weighted by atomic mass is 16.5. The summed E-state index contributed by atoms with van der Waals surface area (Å²) in [5.41, 5.74) is 0. The van der Waals surface area contributed by atoms with Crippen LogP contribution in [-0.2, 0) is 14.3 Å². The zero-order valence-corrected chi connectivity index (χ0v) is 33.2. The molecule has 1 N–H and O–H groups in total. The van der Waals surface area contributed by atoms with Crippen LogP contribution in [0.4, 0.5) is 0 Å². The van der Waals surface area contributed by atoms with Gasteiger partial charge in [0.1, 0.15) is 0 Å². The van der Waals surface area contributed by atoms with E-state index in [1.807, 2.05) is 0 Å². The van der Waals surface area contributed by atoms with Gasteiger partial charge in [0.05, 0.1) is 6.61 Å². The van der Waals surface area contributed by atoms with E-state index in [-0.39, 0.29) is 5.97 Å². The maximum Gasteiger partial charge on any atom is 0.305 e. The van der Waals surface area contributed by atoms with E-state index in [0.29, 0.717) is 25.4 Å². The number of carbonyl (C=O) groups excluding carboxylic acids is 1. The summed E-state index contributed by atoms with van der Waals surface area (Å²) < 4.78 is 5.83. The van der Waals surface area contributed by atoms with Crippen LogP contribution in [0.3, 0.4) is 0 Å². The van der Waals surface area contributed by atoms with Gasteiger partial charge in [-0.1, -0.05) is 110 Å². The number of aliphatic carboxylic acids is 1. The Morgan fingerprint density at radius 1 is 0.612 bits per heavy atom. The minimum Gasteiger partial charge on any atom is -0.481 e. The van der Waals surface area contributed by atoms with Gasteiger partial charge in [-0.3, -0.25) is 14.5 Å². The number of carboxylic acid groups (broad SMARTS) is 1. The van der Waals surface area contributed by atoms with Gasteiger partial charge in [0.25, 0.3) is 0 Å². The number of carbonyl (C=O) groups is 2. The second-order valence-corrected chi connectivity index (χ2v) is 15.6. The lowest BCUT2D eigenvalue weighted by Crippen LogP contribution is -2.45. The third kappa shape index (κ3) is 28.1. The van der Waals surface area contributed by atoms with Gasteiger partial charge >= 0.3 is 11.9 Å². The van der Waals surface area contributed by atoms with Crippen molar-refractivity contribution in [1.82, 2.24) is 14.7 Å². The molecule has 0 aromatic rings. The third-order valence-electron chi connectivity index (χ3n) is 10.7. The van der Waals surface area contributed by atoms with Gasteiger partial charge in [-0.25, -0.2) is 0 Å². The van der Waals surface area contributed by atoms with Crippen molar-refractivity contribution in [3.8, 4) is 0 Å². The molecule has 1 unspecified atom stereocenters. The maximum absolute atomic E-state index is 12.6. The highest BCUT2D eigenvalue weighted by Crippen LogP contribution is 2.25. The van der Waals surface area contributed by atoms with Gasteiger partial charge in [0.15, 0.2) is 0 Å². The summed E-state index contributed by atoms with van der Waals surface area (Å²) in [6.07, 6.45) is 31.4. The molecule has 0 aromatic carbocycles. The van der Waals surface area contributed by atoms with E-state index in [9.17, 15) is 9.59 Å². The first kappa shape index (κ1) is 45.8. The Morgan fingerprint density at radius 3 is 1.69 bits per heavy atom. The number of unbranched alkanes of at least 4 members (excludes halogenated alkanes) is 15. The average Bonchev–Trinajstić information content (AvgIpc) is 3.05. The molecule has 7 heteroatoms. The summed E-state index contributed by atoms with van der Waals surface area (Å²) in [6, 6.07) is 0.781. The first-order valence-electron chi connectivity index (χ1n) is 21.3. The first-order chi connectivity index (χ1) is 23.8. The molecule has 1 rings (SSSR count). The standard InChI is InChI=1S/C42H83N3O4/c1-5-7-9-11-12-18-27-39(26-17-10-8-6-2)38-49-42(48)31-20-14-16-22-34-44(33-21-15-13-19-30-41(46)47)36-37-45(40-28-25-29-40)35-24-23-32-43(3)4/h39-40H,5-38H2,1-4H3,(H,46,47). The molecule has 49 heavy (non-hydrogen) atoms. The number of carboxylic acids is 1. The highest BCUT2D eigenvalue weighted by molar-refractivity contribution is 5.69. The van der Waals surface area contributed by atoms with Crippen LogP contribution in [0.5, 0.6) is 0 Å². The molecule has 0 bridgehead atoms. The Kier molecular flexibility index (Phi) is 30.6. The number of esters is 1. The molecular formula is C42H83N3O4. The molecule has 7 nitrogen and oxygen atoms in total. The molecule has 1 aliphatic carbocycles. The highest BCUT2D eigenvalue weighted by Gasteiger charge is 2.24. The predicted molar refractivity (Wildman–Crippen MR) is 208 cm³/mol. The van der Waals surface area contributed by atoms with Gasteiger partial charge in [0.2, 0.25) is 0 Å². The van der Waals surface area contributed by atoms with Crippen LogP contribution in [0.1, 0.15) is 187 Å². The molecule has 0 amide bonds. The Labute approximate surface area is 304 Å². The SMILES string of the molecule is CCCCCCCCC(CCCCCC)COC(=O)CCCCCCN(CCCCCCC(=O)O)CCN(CCCCN(C)C)C1CCC1. The summed E-state index contributed by atoms with van der Waals surface area (Å²) in [7, 11) is 4.33. The number of rotatable bonds is 37. The molecule has 290 valence electrons. The van der Waals surface area contributed by atoms with E-state index < -0.39 is 5.97 Å².